The molecule has 0 saturated heterocycles. The Balaban J connectivity index is 0.00000223. The van der Waals surface area contributed by atoms with Gasteiger partial charge in [0.1, 0.15) is 24.3 Å². The van der Waals surface area contributed by atoms with Gasteiger partial charge >= 0.3 is 42.1 Å². The topological polar surface area (TPSA) is 97.7 Å². The van der Waals surface area contributed by atoms with Gasteiger partial charge < -0.3 is 23.2 Å². The van der Waals surface area contributed by atoms with Gasteiger partial charge in [0.2, 0.25) is 5.95 Å². The summed E-state index contributed by atoms with van der Waals surface area (Å²) in [5, 5.41) is 6.15. The Hall–Kier alpha value is -6.99. The first kappa shape index (κ1) is 38.2. The molecule has 294 valence electrons. The van der Waals surface area contributed by atoms with E-state index in [2.05, 4.69) is 94.7 Å². The predicted octanol–water partition coefficient (Wildman–Crippen LogP) is 10.7. The van der Waals surface area contributed by atoms with Crippen LogP contribution >= 0.6 is 0 Å². The number of benzene rings is 6. The summed E-state index contributed by atoms with van der Waals surface area (Å²) in [6, 6.07) is 58.2. The average molecular weight is 1150 g/mol. The van der Waals surface area contributed by atoms with Crippen molar-refractivity contribution in [3.63, 3.8) is 0 Å². The third kappa shape index (κ3) is 6.38. The van der Waals surface area contributed by atoms with Gasteiger partial charge in [0.25, 0.3) is 0 Å². The maximum atomic E-state index is 6.51. The standard InChI is InChI=1S/C49H26N8O2.2Pt/c1-3-11-41-35(9-1)37-19-15-31(25-43(37)55(41)47-13-5-7-23-51-47)58-33-17-21-39-40-22-18-34(28-46(40)57(45(39)27-33)49-53-29-50-30-54-49)59-32-16-20-38-36-10-2-4-12-42(36)56(44(38)26-32)48-14-6-8-24-52-48;;/h1-24,29-30H;;/q-4;2*+2. The number of hydrogen-bond acceptors (Lipinski definition) is 7. The minimum Gasteiger partial charge on any atom is -0.509 e. The zero-order chi connectivity index (χ0) is 38.9. The van der Waals surface area contributed by atoms with Crippen LogP contribution in [-0.4, -0.2) is 38.6 Å². The summed E-state index contributed by atoms with van der Waals surface area (Å²) in [7, 11) is 0. The Morgan fingerprint density at radius 1 is 0.361 bits per heavy atom. The van der Waals surface area contributed by atoms with E-state index >= 15 is 0 Å². The van der Waals surface area contributed by atoms with Crippen molar-refractivity contribution in [2.75, 3.05) is 0 Å². The second-order valence-corrected chi connectivity index (χ2v) is 13.9. The van der Waals surface area contributed by atoms with Crippen LogP contribution in [-0.2, 0) is 42.1 Å². The predicted molar refractivity (Wildman–Crippen MR) is 227 cm³/mol. The average Bonchev–Trinajstić information content (AvgIpc) is 3.92. The van der Waals surface area contributed by atoms with Crippen molar-refractivity contribution in [3.8, 4) is 40.6 Å². The van der Waals surface area contributed by atoms with Gasteiger partial charge in [-0.3, -0.25) is 0 Å². The Morgan fingerprint density at radius 2 is 0.738 bits per heavy atom. The molecule has 0 aliphatic carbocycles. The molecule has 0 fully saturated rings. The number of hydrogen-bond donors (Lipinski definition) is 0. The Bertz CT molecular complexity index is 3360. The molecule has 12 aromatic rings. The molecule has 6 aromatic heterocycles. The van der Waals surface area contributed by atoms with E-state index < -0.39 is 0 Å². The van der Waals surface area contributed by atoms with Crippen molar-refractivity contribution < 1.29 is 51.6 Å². The second kappa shape index (κ2) is 15.6. The first-order chi connectivity index (χ1) is 29.2. The summed E-state index contributed by atoms with van der Waals surface area (Å²) in [5.41, 5.74) is 5.20. The van der Waals surface area contributed by atoms with Crippen molar-refractivity contribution >= 4 is 65.4 Å². The maximum absolute atomic E-state index is 6.51. The van der Waals surface area contributed by atoms with Crippen LogP contribution in [0.15, 0.2) is 159 Å². The van der Waals surface area contributed by atoms with Crippen LogP contribution in [0.25, 0.3) is 83.0 Å². The Labute approximate surface area is 376 Å². The van der Waals surface area contributed by atoms with Gasteiger partial charge in [0.05, 0.1) is 0 Å². The number of aromatic nitrogens is 8. The third-order valence-corrected chi connectivity index (χ3v) is 10.5. The van der Waals surface area contributed by atoms with E-state index in [9.17, 15) is 0 Å². The number of pyridine rings is 2. The van der Waals surface area contributed by atoms with E-state index in [1.54, 1.807) is 12.4 Å². The quantitative estimate of drug-likeness (QED) is 0.147. The number of nitrogens with zero attached hydrogens (tertiary/aromatic N) is 8. The zero-order valence-corrected chi connectivity index (χ0v) is 36.1. The molecule has 12 rings (SSSR count). The summed E-state index contributed by atoms with van der Waals surface area (Å²) in [5.74, 6) is 4.06. The minimum absolute atomic E-state index is 0. The molecule has 0 bridgehead atoms. The van der Waals surface area contributed by atoms with Gasteiger partial charge in [-0.25, -0.2) is 24.9 Å². The van der Waals surface area contributed by atoms with Crippen molar-refractivity contribution in [2.45, 2.75) is 0 Å². The number of fused-ring (bicyclic) bond motifs is 9. The van der Waals surface area contributed by atoms with E-state index in [0.717, 1.165) is 66.0 Å². The molecule has 6 aromatic carbocycles. The summed E-state index contributed by atoms with van der Waals surface area (Å²) < 4.78 is 19.1. The molecule has 10 nitrogen and oxygen atoms in total. The maximum Gasteiger partial charge on any atom is 2.00 e. The smallest absolute Gasteiger partial charge is 0.509 e. The molecule has 0 amide bonds. The molecule has 0 atom stereocenters. The molecule has 12 heteroatoms. The van der Waals surface area contributed by atoms with E-state index in [1.165, 1.54) is 12.7 Å². The van der Waals surface area contributed by atoms with Crippen LogP contribution in [0.3, 0.4) is 0 Å². The van der Waals surface area contributed by atoms with Crippen LogP contribution in [0.5, 0.6) is 23.0 Å². The summed E-state index contributed by atoms with van der Waals surface area (Å²) >= 11 is 0. The number of para-hydroxylation sites is 2. The van der Waals surface area contributed by atoms with Gasteiger partial charge in [-0.2, -0.15) is 35.0 Å². The van der Waals surface area contributed by atoms with Crippen molar-refractivity contribution in [1.29, 1.82) is 0 Å². The molecule has 0 aliphatic heterocycles. The van der Waals surface area contributed by atoms with Gasteiger partial charge in [-0.1, -0.05) is 70.6 Å². The summed E-state index contributed by atoms with van der Waals surface area (Å²) in [6.45, 7) is 0. The van der Waals surface area contributed by atoms with Gasteiger partial charge in [0, 0.05) is 46.4 Å². The molecule has 0 unspecified atom stereocenters. The molecule has 0 N–H and O–H groups in total. The minimum atomic E-state index is 0. The van der Waals surface area contributed by atoms with Crippen LogP contribution in [0, 0.1) is 24.3 Å². The van der Waals surface area contributed by atoms with E-state index in [-0.39, 0.29) is 42.1 Å². The fourth-order valence-corrected chi connectivity index (χ4v) is 8.05. The SMILES string of the molecule is [Pt+2].[Pt+2].[c-]1c(Oc2[c-]c3c(cc2)c2ccccc2n3-c2ccccn2)ccc2c3ccc(Oc4[c-]c5c(cc4)c4ccccc4n5-c4ccccn4)[c-]c3n(-c3ncncn3)c12. The molecule has 61 heavy (non-hydrogen) atoms. The molecule has 0 aliphatic rings. The first-order valence-electron chi connectivity index (χ1n) is 18.9. The van der Waals surface area contributed by atoms with Crippen LogP contribution < -0.4 is 9.47 Å². The second-order valence-electron chi connectivity index (χ2n) is 13.9. The first-order valence-corrected chi connectivity index (χ1v) is 18.9. The van der Waals surface area contributed by atoms with Gasteiger partial charge in [-0.15, -0.1) is 59.3 Å². The van der Waals surface area contributed by atoms with Crippen LogP contribution in [0.4, 0.5) is 0 Å². The van der Waals surface area contributed by atoms with Crippen molar-refractivity contribution in [1.82, 2.24) is 38.6 Å². The van der Waals surface area contributed by atoms with Gasteiger partial charge in [-0.05, 0) is 47.2 Å². The van der Waals surface area contributed by atoms with E-state index in [1.807, 2.05) is 102 Å². The Kier molecular flexibility index (Phi) is 9.75. The zero-order valence-electron chi connectivity index (χ0n) is 31.5. The van der Waals surface area contributed by atoms with Crippen molar-refractivity contribution in [2.24, 2.45) is 0 Å². The fourth-order valence-electron chi connectivity index (χ4n) is 8.05. The third-order valence-electron chi connectivity index (χ3n) is 10.5. The largest absolute Gasteiger partial charge is 2.00 e. The van der Waals surface area contributed by atoms with Crippen LogP contribution in [0.1, 0.15) is 0 Å². The molecule has 6 heterocycles. The molecule has 0 saturated carbocycles. The Morgan fingerprint density at radius 3 is 1.15 bits per heavy atom. The monoisotopic (exact) mass is 1150 g/mol. The molecule has 0 radical (unpaired) electrons. The summed E-state index contributed by atoms with van der Waals surface area (Å²) in [4.78, 5) is 22.4. The molecular weight excluding hydrogens is 1120 g/mol. The molecule has 0 spiro atoms. The van der Waals surface area contributed by atoms with Crippen molar-refractivity contribution in [3.05, 3.63) is 183 Å². The van der Waals surface area contributed by atoms with E-state index in [0.29, 0.717) is 40.0 Å². The number of ether oxygens (including phenoxy) is 2. The van der Waals surface area contributed by atoms with E-state index in [4.69, 9.17) is 9.47 Å². The summed E-state index contributed by atoms with van der Waals surface area (Å²) in [6.07, 6.45) is 6.52. The number of rotatable bonds is 7. The fraction of sp³-hybridized carbons (Fsp3) is 0. The van der Waals surface area contributed by atoms with Crippen LogP contribution in [0.2, 0.25) is 0 Å². The van der Waals surface area contributed by atoms with Gasteiger partial charge in [0.15, 0.2) is 0 Å². The molecular formula is C49H26N8O2Pt2. The normalized spacial score (nSPS) is 11.3.